The maximum atomic E-state index is 11.3. The lowest BCUT2D eigenvalue weighted by Gasteiger charge is -2.18. The summed E-state index contributed by atoms with van der Waals surface area (Å²) in [4.78, 5) is 21.9. The van der Waals surface area contributed by atoms with Gasteiger partial charge in [-0.05, 0) is 37.6 Å². The van der Waals surface area contributed by atoms with Gasteiger partial charge in [-0.2, -0.15) is 0 Å². The topological polar surface area (TPSA) is 58.1 Å². The van der Waals surface area contributed by atoms with Gasteiger partial charge < -0.3 is 10.2 Å². The summed E-state index contributed by atoms with van der Waals surface area (Å²) < 4.78 is 0. The molecular weight excluding hydrogens is 276 g/mol. The van der Waals surface area contributed by atoms with Gasteiger partial charge in [-0.25, -0.2) is 9.97 Å². The summed E-state index contributed by atoms with van der Waals surface area (Å²) in [6.45, 7) is 4.71. The van der Waals surface area contributed by atoms with E-state index in [1.165, 1.54) is 0 Å². The van der Waals surface area contributed by atoms with Crippen molar-refractivity contribution in [2.45, 2.75) is 26.7 Å². The first-order chi connectivity index (χ1) is 10.6. The number of rotatable bonds is 7. The molecule has 0 aliphatic heterocycles. The Labute approximate surface area is 131 Å². The van der Waals surface area contributed by atoms with Crippen LogP contribution in [0.15, 0.2) is 36.7 Å². The third kappa shape index (κ3) is 4.28. The van der Waals surface area contributed by atoms with Crippen LogP contribution in [-0.2, 0) is 0 Å². The van der Waals surface area contributed by atoms with Crippen molar-refractivity contribution in [1.82, 2.24) is 9.97 Å². The number of carbonyl (C=O) groups is 1. The molecule has 0 bridgehead atoms. The number of unbranched alkanes of at least 4 members (excludes halogenated alkanes) is 1. The van der Waals surface area contributed by atoms with Crippen LogP contribution in [0.5, 0.6) is 0 Å². The standard InChI is InChI=1S/C17H22N4O/c1-4-5-10-21(3)17-11-16(18-12-19-17)20-15-8-6-14(7-9-15)13(2)22/h6-9,11-12H,4-5,10H2,1-3H3,(H,18,19,20). The molecule has 1 aromatic heterocycles. The molecular formula is C17H22N4O. The van der Waals surface area contributed by atoms with Gasteiger partial charge in [0.05, 0.1) is 0 Å². The molecule has 1 aromatic carbocycles. The summed E-state index contributed by atoms with van der Waals surface area (Å²) in [7, 11) is 2.03. The first-order valence-electron chi connectivity index (χ1n) is 7.51. The van der Waals surface area contributed by atoms with E-state index in [2.05, 4.69) is 27.1 Å². The largest absolute Gasteiger partial charge is 0.360 e. The quantitative estimate of drug-likeness (QED) is 0.791. The molecule has 0 saturated carbocycles. The van der Waals surface area contributed by atoms with E-state index in [0.29, 0.717) is 5.56 Å². The number of nitrogens with one attached hydrogen (secondary N) is 1. The fraction of sp³-hybridized carbons (Fsp3) is 0.353. The average Bonchev–Trinajstić information content (AvgIpc) is 2.53. The minimum Gasteiger partial charge on any atom is -0.360 e. The zero-order valence-corrected chi connectivity index (χ0v) is 13.3. The molecule has 22 heavy (non-hydrogen) atoms. The summed E-state index contributed by atoms with van der Waals surface area (Å²) in [5.41, 5.74) is 1.60. The smallest absolute Gasteiger partial charge is 0.159 e. The average molecular weight is 298 g/mol. The van der Waals surface area contributed by atoms with Crippen LogP contribution in [0.2, 0.25) is 0 Å². The van der Waals surface area contributed by atoms with Crippen molar-refractivity contribution in [3.05, 3.63) is 42.2 Å². The number of carbonyl (C=O) groups excluding carboxylic acids is 1. The van der Waals surface area contributed by atoms with Crippen molar-refractivity contribution in [3.8, 4) is 0 Å². The van der Waals surface area contributed by atoms with Crippen LogP contribution >= 0.6 is 0 Å². The lowest BCUT2D eigenvalue weighted by molar-refractivity contribution is 0.101. The molecule has 0 unspecified atom stereocenters. The van der Waals surface area contributed by atoms with Crippen LogP contribution in [0.1, 0.15) is 37.0 Å². The van der Waals surface area contributed by atoms with Crippen molar-refractivity contribution in [3.63, 3.8) is 0 Å². The summed E-state index contributed by atoms with van der Waals surface area (Å²) >= 11 is 0. The highest BCUT2D eigenvalue weighted by atomic mass is 16.1. The third-order valence-electron chi connectivity index (χ3n) is 3.45. The Bertz CT molecular complexity index is 625. The molecule has 0 spiro atoms. The minimum atomic E-state index is 0.0634. The Morgan fingerprint density at radius 2 is 1.95 bits per heavy atom. The lowest BCUT2D eigenvalue weighted by atomic mass is 10.1. The monoisotopic (exact) mass is 298 g/mol. The molecule has 1 heterocycles. The van der Waals surface area contributed by atoms with Crippen molar-refractivity contribution >= 4 is 23.1 Å². The van der Waals surface area contributed by atoms with E-state index in [1.807, 2.05) is 25.2 Å². The summed E-state index contributed by atoms with van der Waals surface area (Å²) in [6.07, 6.45) is 3.85. The molecule has 116 valence electrons. The number of nitrogens with zero attached hydrogens (tertiary/aromatic N) is 3. The van der Waals surface area contributed by atoms with Crippen molar-refractivity contribution in [2.24, 2.45) is 0 Å². The van der Waals surface area contributed by atoms with Gasteiger partial charge in [0.25, 0.3) is 0 Å². The molecule has 0 atom stereocenters. The van der Waals surface area contributed by atoms with E-state index in [-0.39, 0.29) is 5.78 Å². The minimum absolute atomic E-state index is 0.0634. The van der Waals surface area contributed by atoms with Gasteiger partial charge in [-0.15, -0.1) is 0 Å². The fourth-order valence-corrected chi connectivity index (χ4v) is 2.07. The number of hydrogen-bond acceptors (Lipinski definition) is 5. The molecule has 2 rings (SSSR count). The predicted octanol–water partition coefficient (Wildman–Crippen LogP) is 3.66. The fourth-order valence-electron chi connectivity index (χ4n) is 2.07. The molecule has 5 heteroatoms. The SMILES string of the molecule is CCCCN(C)c1cc(Nc2ccc(C(C)=O)cc2)ncn1. The van der Waals surface area contributed by atoms with Crippen molar-refractivity contribution < 1.29 is 4.79 Å². The Balaban J connectivity index is 2.08. The van der Waals surface area contributed by atoms with E-state index in [0.717, 1.165) is 36.7 Å². The van der Waals surface area contributed by atoms with Crippen LogP contribution < -0.4 is 10.2 Å². The van der Waals surface area contributed by atoms with Gasteiger partial charge in [0.1, 0.15) is 18.0 Å². The molecule has 0 fully saturated rings. The van der Waals surface area contributed by atoms with Gasteiger partial charge in [0.2, 0.25) is 0 Å². The Kier molecular flexibility index (Phi) is 5.47. The normalized spacial score (nSPS) is 10.3. The van der Waals surface area contributed by atoms with Crippen LogP contribution in [0, 0.1) is 0 Å². The zero-order chi connectivity index (χ0) is 15.9. The maximum absolute atomic E-state index is 11.3. The number of aromatic nitrogens is 2. The van der Waals surface area contributed by atoms with Crippen molar-refractivity contribution in [2.75, 3.05) is 23.8 Å². The van der Waals surface area contributed by atoms with Crippen molar-refractivity contribution in [1.29, 1.82) is 0 Å². The van der Waals surface area contributed by atoms with E-state index in [9.17, 15) is 4.79 Å². The Morgan fingerprint density at radius 3 is 2.59 bits per heavy atom. The highest BCUT2D eigenvalue weighted by Gasteiger charge is 2.05. The highest BCUT2D eigenvalue weighted by molar-refractivity contribution is 5.94. The second-order valence-corrected chi connectivity index (χ2v) is 5.30. The summed E-state index contributed by atoms with van der Waals surface area (Å²) in [6, 6.07) is 9.29. The van der Waals surface area contributed by atoms with E-state index < -0.39 is 0 Å². The van der Waals surface area contributed by atoms with E-state index in [4.69, 9.17) is 0 Å². The Morgan fingerprint density at radius 1 is 1.23 bits per heavy atom. The molecule has 0 amide bonds. The van der Waals surface area contributed by atoms with Gasteiger partial charge in [-0.1, -0.05) is 13.3 Å². The molecule has 0 aliphatic rings. The van der Waals surface area contributed by atoms with Crippen LogP contribution in [0.4, 0.5) is 17.3 Å². The maximum Gasteiger partial charge on any atom is 0.159 e. The van der Waals surface area contributed by atoms with E-state index >= 15 is 0 Å². The number of anilines is 3. The molecule has 2 aromatic rings. The van der Waals surface area contributed by atoms with Gasteiger partial charge >= 0.3 is 0 Å². The predicted molar refractivity (Wildman–Crippen MR) is 89.9 cm³/mol. The van der Waals surface area contributed by atoms with Gasteiger partial charge in [-0.3, -0.25) is 4.79 Å². The second-order valence-electron chi connectivity index (χ2n) is 5.30. The molecule has 0 radical (unpaired) electrons. The van der Waals surface area contributed by atoms with Crippen LogP contribution in [0.25, 0.3) is 0 Å². The lowest BCUT2D eigenvalue weighted by Crippen LogP contribution is -2.19. The van der Waals surface area contributed by atoms with Crippen LogP contribution in [0.3, 0.4) is 0 Å². The third-order valence-corrected chi connectivity index (χ3v) is 3.45. The summed E-state index contributed by atoms with van der Waals surface area (Å²) in [5.74, 6) is 1.70. The molecule has 1 N–H and O–H groups in total. The van der Waals surface area contributed by atoms with Crippen LogP contribution in [-0.4, -0.2) is 29.3 Å². The molecule has 5 nitrogen and oxygen atoms in total. The molecule has 0 saturated heterocycles. The van der Waals surface area contributed by atoms with Gasteiger partial charge in [0.15, 0.2) is 5.78 Å². The zero-order valence-electron chi connectivity index (χ0n) is 13.3. The summed E-state index contributed by atoms with van der Waals surface area (Å²) in [5, 5.41) is 3.23. The first-order valence-corrected chi connectivity index (χ1v) is 7.51. The number of Topliss-reactive ketones (excluding diaryl/α,β-unsaturated/α-hetero) is 1. The first kappa shape index (κ1) is 15.9. The second kappa shape index (κ2) is 7.54. The highest BCUT2D eigenvalue weighted by Crippen LogP contribution is 2.18. The van der Waals surface area contributed by atoms with E-state index in [1.54, 1.807) is 25.4 Å². The molecule has 0 aliphatic carbocycles. The number of benzene rings is 1. The van der Waals surface area contributed by atoms with Gasteiger partial charge in [0, 0.05) is 30.9 Å². The number of hydrogen-bond donors (Lipinski definition) is 1. The Hall–Kier alpha value is -2.43. The number of ketones is 1.